The minimum absolute atomic E-state index is 0.564. The average molecular weight is 567 g/mol. The SMILES string of the molecule is N#Cc1cnn2cc(-c3ccc(N4CCNCC4)cc3)cc(-c3ccc(N4CC5CC(C4)N5Cc4ccccc4)nc3)c12. The smallest absolute Gasteiger partial charge is 0.128 e. The van der Waals surface area contributed by atoms with Crippen LogP contribution in [0.1, 0.15) is 17.5 Å². The molecule has 2 unspecified atom stereocenters. The summed E-state index contributed by atoms with van der Waals surface area (Å²) in [4.78, 5) is 12.4. The molecule has 8 heteroatoms. The molecule has 4 saturated heterocycles. The van der Waals surface area contributed by atoms with Gasteiger partial charge in [-0.2, -0.15) is 10.4 Å². The summed E-state index contributed by atoms with van der Waals surface area (Å²) in [7, 11) is 0. The lowest BCUT2D eigenvalue weighted by Gasteiger charge is -2.56. The molecular formula is C35H34N8. The number of nitriles is 1. The molecule has 5 aromatic rings. The van der Waals surface area contributed by atoms with E-state index in [0.717, 1.165) is 79.4 Å². The summed E-state index contributed by atoms with van der Waals surface area (Å²) >= 11 is 0. The third kappa shape index (κ3) is 4.81. The lowest BCUT2D eigenvalue weighted by molar-refractivity contribution is -0.00867. The van der Waals surface area contributed by atoms with Crippen molar-refractivity contribution in [2.24, 2.45) is 0 Å². The van der Waals surface area contributed by atoms with Crippen LogP contribution in [0.3, 0.4) is 0 Å². The second-order valence-electron chi connectivity index (χ2n) is 11.9. The molecule has 4 aliphatic heterocycles. The zero-order chi connectivity index (χ0) is 28.8. The van der Waals surface area contributed by atoms with Gasteiger partial charge in [-0.25, -0.2) is 9.50 Å². The number of aromatic nitrogens is 3. The quantitative estimate of drug-likeness (QED) is 0.316. The lowest BCUT2D eigenvalue weighted by Crippen LogP contribution is -2.68. The third-order valence-corrected chi connectivity index (χ3v) is 9.35. The van der Waals surface area contributed by atoms with Crippen molar-refractivity contribution in [3.8, 4) is 28.3 Å². The molecule has 4 fully saturated rings. The number of fused-ring (bicyclic) bond motifs is 3. The Morgan fingerprint density at radius 3 is 2.33 bits per heavy atom. The van der Waals surface area contributed by atoms with Gasteiger partial charge in [0.2, 0.25) is 0 Å². The number of hydrogen-bond donors (Lipinski definition) is 1. The van der Waals surface area contributed by atoms with Crippen LogP contribution in [-0.4, -0.2) is 70.9 Å². The van der Waals surface area contributed by atoms with Crippen LogP contribution in [0.15, 0.2) is 91.4 Å². The first kappa shape index (κ1) is 26.0. The molecule has 7 heterocycles. The topological polar surface area (TPSA) is 75.7 Å². The van der Waals surface area contributed by atoms with E-state index in [1.54, 1.807) is 6.20 Å². The van der Waals surface area contributed by atoms with Gasteiger partial charge in [-0.05, 0) is 47.9 Å². The van der Waals surface area contributed by atoms with Crippen molar-refractivity contribution in [3.63, 3.8) is 0 Å². The number of piperidine rings is 1. The number of nitrogens with one attached hydrogen (secondary N) is 1. The molecule has 0 saturated carbocycles. The lowest BCUT2D eigenvalue weighted by atomic mass is 9.86. The predicted molar refractivity (Wildman–Crippen MR) is 170 cm³/mol. The fraction of sp³-hybridized carbons (Fsp3) is 0.286. The number of piperazine rings is 2. The zero-order valence-corrected chi connectivity index (χ0v) is 24.1. The van der Waals surface area contributed by atoms with E-state index >= 15 is 0 Å². The molecule has 2 atom stereocenters. The fourth-order valence-corrected chi connectivity index (χ4v) is 7.03. The van der Waals surface area contributed by atoms with Crippen LogP contribution in [-0.2, 0) is 6.54 Å². The molecule has 1 N–H and O–H groups in total. The van der Waals surface area contributed by atoms with E-state index in [2.05, 4.69) is 104 Å². The Hall–Kier alpha value is -4.71. The van der Waals surface area contributed by atoms with Gasteiger partial charge >= 0.3 is 0 Å². The molecule has 43 heavy (non-hydrogen) atoms. The van der Waals surface area contributed by atoms with Gasteiger partial charge in [0.1, 0.15) is 11.9 Å². The first-order chi connectivity index (χ1) is 21.2. The van der Waals surface area contributed by atoms with Crippen molar-refractivity contribution in [2.75, 3.05) is 49.1 Å². The number of anilines is 2. The third-order valence-electron chi connectivity index (χ3n) is 9.35. The minimum Gasteiger partial charge on any atom is -0.369 e. The predicted octanol–water partition coefficient (Wildman–Crippen LogP) is 4.81. The molecule has 0 aliphatic carbocycles. The van der Waals surface area contributed by atoms with Gasteiger partial charge in [0, 0.05) is 92.7 Å². The van der Waals surface area contributed by atoms with Crippen molar-refractivity contribution in [1.82, 2.24) is 24.8 Å². The normalized spacial score (nSPS) is 20.2. The van der Waals surface area contributed by atoms with Crippen LogP contribution >= 0.6 is 0 Å². The maximum atomic E-state index is 9.86. The number of benzene rings is 2. The number of pyridine rings is 2. The summed E-state index contributed by atoms with van der Waals surface area (Å²) in [5.74, 6) is 1.02. The second kappa shape index (κ2) is 10.8. The molecule has 4 aliphatic rings. The zero-order valence-electron chi connectivity index (χ0n) is 24.1. The summed E-state index contributed by atoms with van der Waals surface area (Å²) in [6, 6.07) is 29.5. The van der Waals surface area contributed by atoms with E-state index in [0.29, 0.717) is 17.6 Å². The van der Waals surface area contributed by atoms with E-state index in [9.17, 15) is 5.26 Å². The summed E-state index contributed by atoms with van der Waals surface area (Å²) in [6.45, 7) is 7.09. The Morgan fingerprint density at radius 2 is 1.60 bits per heavy atom. The molecule has 0 spiro atoms. The van der Waals surface area contributed by atoms with Crippen LogP contribution < -0.4 is 15.1 Å². The maximum Gasteiger partial charge on any atom is 0.128 e. The highest BCUT2D eigenvalue weighted by atomic mass is 15.4. The molecule has 2 aromatic carbocycles. The van der Waals surface area contributed by atoms with Crippen LogP contribution in [0.25, 0.3) is 27.8 Å². The van der Waals surface area contributed by atoms with Crippen LogP contribution in [0.4, 0.5) is 11.5 Å². The monoisotopic (exact) mass is 566 g/mol. The van der Waals surface area contributed by atoms with Crippen molar-refractivity contribution in [1.29, 1.82) is 5.26 Å². The Labute approximate surface area is 251 Å². The van der Waals surface area contributed by atoms with Crippen LogP contribution in [0.2, 0.25) is 0 Å². The summed E-state index contributed by atoms with van der Waals surface area (Å²) in [5.41, 5.74) is 8.13. The van der Waals surface area contributed by atoms with E-state index in [1.807, 2.05) is 16.9 Å². The molecule has 214 valence electrons. The van der Waals surface area contributed by atoms with E-state index < -0.39 is 0 Å². The van der Waals surface area contributed by atoms with Gasteiger partial charge in [-0.1, -0.05) is 42.5 Å². The van der Waals surface area contributed by atoms with E-state index in [4.69, 9.17) is 4.98 Å². The fourth-order valence-electron chi connectivity index (χ4n) is 7.03. The molecule has 9 rings (SSSR count). The highest BCUT2D eigenvalue weighted by Gasteiger charge is 2.44. The van der Waals surface area contributed by atoms with E-state index in [-0.39, 0.29) is 0 Å². The molecule has 2 bridgehead atoms. The van der Waals surface area contributed by atoms with Crippen molar-refractivity contribution < 1.29 is 0 Å². The van der Waals surface area contributed by atoms with Gasteiger partial charge < -0.3 is 15.1 Å². The highest BCUT2D eigenvalue weighted by Crippen LogP contribution is 2.37. The van der Waals surface area contributed by atoms with Crippen LogP contribution in [0, 0.1) is 11.3 Å². The maximum absolute atomic E-state index is 9.86. The second-order valence-corrected chi connectivity index (χ2v) is 11.9. The van der Waals surface area contributed by atoms with Gasteiger partial charge in [-0.15, -0.1) is 0 Å². The molecule has 8 nitrogen and oxygen atoms in total. The van der Waals surface area contributed by atoms with Crippen LogP contribution in [0.5, 0.6) is 0 Å². The number of nitrogens with zero attached hydrogens (tertiary/aromatic N) is 7. The molecule has 0 radical (unpaired) electrons. The summed E-state index contributed by atoms with van der Waals surface area (Å²) in [5, 5.41) is 17.8. The van der Waals surface area contributed by atoms with Gasteiger partial charge in [0.25, 0.3) is 0 Å². The number of rotatable bonds is 6. The molecule has 3 aromatic heterocycles. The average Bonchev–Trinajstić information content (AvgIpc) is 3.51. The summed E-state index contributed by atoms with van der Waals surface area (Å²) < 4.78 is 1.83. The van der Waals surface area contributed by atoms with Gasteiger partial charge in [0.05, 0.1) is 17.3 Å². The Balaban J connectivity index is 1.05. The Kier molecular flexibility index (Phi) is 6.55. The van der Waals surface area contributed by atoms with Crippen molar-refractivity contribution >= 4 is 17.0 Å². The molecular weight excluding hydrogens is 532 g/mol. The Bertz CT molecular complexity index is 1770. The number of hydrogen-bond acceptors (Lipinski definition) is 7. The van der Waals surface area contributed by atoms with Crippen molar-refractivity contribution in [2.45, 2.75) is 25.0 Å². The highest BCUT2D eigenvalue weighted by molar-refractivity contribution is 5.87. The first-order valence-corrected chi connectivity index (χ1v) is 15.2. The standard InChI is InChI=1S/C35H34N8/c36-18-29-20-39-43-22-28(26-6-9-30(10-7-26)40-14-12-37-13-15-40)16-33(35(29)43)27-8-11-34(38-19-27)41-23-31-17-32(24-41)42(31)21-25-4-2-1-3-5-25/h1-11,16,19-20,22,31-32,37H,12-15,17,21,23-24H2. The molecule has 0 amide bonds. The van der Waals surface area contributed by atoms with Crippen molar-refractivity contribution in [3.05, 3.63) is 103 Å². The minimum atomic E-state index is 0.564. The first-order valence-electron chi connectivity index (χ1n) is 15.2. The Morgan fingerprint density at radius 1 is 0.837 bits per heavy atom. The largest absolute Gasteiger partial charge is 0.369 e. The summed E-state index contributed by atoms with van der Waals surface area (Å²) in [6.07, 6.45) is 6.89. The van der Waals surface area contributed by atoms with Gasteiger partial charge in [-0.3, -0.25) is 4.90 Å². The van der Waals surface area contributed by atoms with Gasteiger partial charge in [0.15, 0.2) is 0 Å². The van der Waals surface area contributed by atoms with E-state index in [1.165, 1.54) is 17.7 Å².